The van der Waals surface area contributed by atoms with E-state index in [1.54, 1.807) is 11.3 Å². The van der Waals surface area contributed by atoms with E-state index in [1.165, 1.54) is 10.4 Å². The maximum absolute atomic E-state index is 11.4. The molecule has 0 aromatic carbocycles. The molecular weight excluding hydrogens is 282 g/mol. The number of carboxylic acid groups (broad SMARTS) is 1. The largest absolute Gasteiger partial charge is 0.480 e. The van der Waals surface area contributed by atoms with E-state index in [0.717, 1.165) is 4.88 Å². The summed E-state index contributed by atoms with van der Waals surface area (Å²) in [6.07, 6.45) is 0. The predicted octanol–water partition coefficient (Wildman–Crippen LogP) is 0.365. The van der Waals surface area contributed by atoms with Crippen LogP contribution in [0, 0.1) is 13.8 Å². The van der Waals surface area contributed by atoms with Crippen LogP contribution < -0.4 is 16.0 Å². The van der Waals surface area contributed by atoms with Crippen molar-refractivity contribution in [1.29, 1.82) is 0 Å². The summed E-state index contributed by atoms with van der Waals surface area (Å²) in [6, 6.07) is 1.53. The van der Waals surface area contributed by atoms with E-state index < -0.39 is 24.5 Å². The van der Waals surface area contributed by atoms with Crippen molar-refractivity contribution in [3.05, 3.63) is 21.4 Å². The zero-order valence-electron chi connectivity index (χ0n) is 11.3. The van der Waals surface area contributed by atoms with Gasteiger partial charge in [0.25, 0.3) is 0 Å². The number of urea groups is 1. The van der Waals surface area contributed by atoms with Crippen LogP contribution in [-0.2, 0) is 16.1 Å². The lowest BCUT2D eigenvalue weighted by Gasteiger charge is -2.06. The van der Waals surface area contributed by atoms with Crippen molar-refractivity contribution in [3.8, 4) is 0 Å². The Morgan fingerprint density at radius 1 is 1.15 bits per heavy atom. The third-order valence-corrected chi connectivity index (χ3v) is 3.64. The van der Waals surface area contributed by atoms with Crippen molar-refractivity contribution < 1.29 is 19.5 Å². The lowest BCUT2D eigenvalue weighted by Crippen LogP contribution is -2.42. The third-order valence-electron chi connectivity index (χ3n) is 2.49. The van der Waals surface area contributed by atoms with Crippen LogP contribution in [-0.4, -0.2) is 36.1 Å². The number of aryl methyl sites for hydroxylation is 2. The summed E-state index contributed by atoms with van der Waals surface area (Å²) in [5, 5.41) is 15.5. The summed E-state index contributed by atoms with van der Waals surface area (Å²) >= 11 is 1.61. The Balaban J connectivity index is 2.23. The van der Waals surface area contributed by atoms with Gasteiger partial charge < -0.3 is 21.1 Å². The second-order valence-corrected chi connectivity index (χ2v) is 5.50. The molecular formula is C12H17N3O4S. The molecule has 3 amide bonds. The first-order chi connectivity index (χ1) is 9.38. The van der Waals surface area contributed by atoms with Gasteiger partial charge in [0.15, 0.2) is 0 Å². The molecule has 0 aliphatic rings. The number of hydrogen-bond acceptors (Lipinski definition) is 4. The molecule has 0 fully saturated rings. The average Bonchev–Trinajstić information content (AvgIpc) is 2.70. The van der Waals surface area contributed by atoms with Crippen molar-refractivity contribution >= 4 is 29.2 Å². The fraction of sp³-hybridized carbons (Fsp3) is 0.417. The standard InChI is InChI=1S/C12H17N3O4S/c1-7-3-9(20-8(7)2)4-14-12(19)15-5-10(16)13-6-11(17)18/h3H,4-6H2,1-2H3,(H,13,16)(H,17,18)(H2,14,15,19). The number of thiophene rings is 1. The van der Waals surface area contributed by atoms with Crippen LogP contribution in [0.15, 0.2) is 6.07 Å². The molecule has 0 atom stereocenters. The Kier molecular flexibility index (Phi) is 5.98. The number of nitrogens with one attached hydrogen (secondary N) is 3. The molecule has 0 saturated carbocycles. The van der Waals surface area contributed by atoms with Gasteiger partial charge in [0, 0.05) is 9.75 Å². The van der Waals surface area contributed by atoms with E-state index in [1.807, 2.05) is 19.9 Å². The van der Waals surface area contributed by atoms with Gasteiger partial charge in [-0.3, -0.25) is 9.59 Å². The van der Waals surface area contributed by atoms with Gasteiger partial charge in [-0.05, 0) is 25.5 Å². The summed E-state index contributed by atoms with van der Waals surface area (Å²) in [6.45, 7) is 3.68. The summed E-state index contributed by atoms with van der Waals surface area (Å²) in [5.41, 5.74) is 1.18. The van der Waals surface area contributed by atoms with E-state index in [4.69, 9.17) is 5.11 Å². The minimum Gasteiger partial charge on any atom is -0.480 e. The quantitative estimate of drug-likeness (QED) is 0.608. The van der Waals surface area contributed by atoms with Crippen LogP contribution in [0.25, 0.3) is 0 Å². The molecule has 0 saturated heterocycles. The minimum atomic E-state index is -1.13. The fourth-order valence-electron chi connectivity index (χ4n) is 1.36. The SMILES string of the molecule is Cc1cc(CNC(=O)NCC(=O)NCC(=O)O)sc1C. The maximum Gasteiger partial charge on any atom is 0.322 e. The lowest BCUT2D eigenvalue weighted by atomic mass is 10.3. The number of hydrogen-bond donors (Lipinski definition) is 4. The van der Waals surface area contributed by atoms with Crippen LogP contribution in [0.3, 0.4) is 0 Å². The third kappa shape index (κ3) is 5.70. The Bertz CT molecular complexity index is 493. The molecule has 0 unspecified atom stereocenters. The smallest absolute Gasteiger partial charge is 0.322 e. The predicted molar refractivity (Wildman–Crippen MR) is 74.7 cm³/mol. The minimum absolute atomic E-state index is 0.262. The number of carboxylic acids is 1. The normalized spacial score (nSPS) is 9.90. The van der Waals surface area contributed by atoms with Crippen LogP contribution in [0.1, 0.15) is 15.3 Å². The lowest BCUT2D eigenvalue weighted by molar-refractivity contribution is -0.137. The Labute approximate surface area is 120 Å². The van der Waals surface area contributed by atoms with E-state index >= 15 is 0 Å². The van der Waals surface area contributed by atoms with Gasteiger partial charge in [0.2, 0.25) is 5.91 Å². The molecule has 1 aromatic heterocycles. The highest BCUT2D eigenvalue weighted by atomic mass is 32.1. The summed E-state index contributed by atoms with van der Waals surface area (Å²) < 4.78 is 0. The second kappa shape index (κ2) is 7.49. The first-order valence-electron chi connectivity index (χ1n) is 5.94. The van der Waals surface area contributed by atoms with Crippen LogP contribution >= 0.6 is 11.3 Å². The van der Waals surface area contributed by atoms with E-state index in [0.29, 0.717) is 6.54 Å². The average molecular weight is 299 g/mol. The molecule has 0 aliphatic carbocycles. The number of carbonyl (C=O) groups excluding carboxylic acids is 2. The molecule has 8 heteroatoms. The van der Waals surface area contributed by atoms with Crippen molar-refractivity contribution in [2.45, 2.75) is 20.4 Å². The van der Waals surface area contributed by atoms with Crippen molar-refractivity contribution in [2.24, 2.45) is 0 Å². The molecule has 1 rings (SSSR count). The zero-order chi connectivity index (χ0) is 15.1. The van der Waals surface area contributed by atoms with Crippen LogP contribution in [0.4, 0.5) is 4.79 Å². The van der Waals surface area contributed by atoms with E-state index in [2.05, 4.69) is 16.0 Å². The van der Waals surface area contributed by atoms with Gasteiger partial charge in [-0.1, -0.05) is 0 Å². The van der Waals surface area contributed by atoms with Gasteiger partial charge in [-0.15, -0.1) is 11.3 Å². The van der Waals surface area contributed by atoms with Gasteiger partial charge in [-0.25, -0.2) is 4.79 Å². The highest BCUT2D eigenvalue weighted by Crippen LogP contribution is 2.19. The highest BCUT2D eigenvalue weighted by molar-refractivity contribution is 7.12. The van der Waals surface area contributed by atoms with Crippen molar-refractivity contribution in [1.82, 2.24) is 16.0 Å². The molecule has 7 nitrogen and oxygen atoms in total. The Morgan fingerprint density at radius 3 is 2.40 bits per heavy atom. The van der Waals surface area contributed by atoms with Gasteiger partial charge in [0.05, 0.1) is 13.1 Å². The van der Waals surface area contributed by atoms with Crippen molar-refractivity contribution in [2.75, 3.05) is 13.1 Å². The van der Waals surface area contributed by atoms with Crippen molar-refractivity contribution in [3.63, 3.8) is 0 Å². The molecule has 20 heavy (non-hydrogen) atoms. The molecule has 4 N–H and O–H groups in total. The van der Waals surface area contributed by atoms with E-state index in [-0.39, 0.29) is 6.54 Å². The number of rotatable bonds is 6. The van der Waals surface area contributed by atoms with E-state index in [9.17, 15) is 14.4 Å². The molecule has 1 heterocycles. The maximum atomic E-state index is 11.4. The molecule has 0 spiro atoms. The monoisotopic (exact) mass is 299 g/mol. The number of carbonyl (C=O) groups is 3. The molecule has 0 radical (unpaired) electrons. The zero-order valence-corrected chi connectivity index (χ0v) is 12.1. The molecule has 0 aliphatic heterocycles. The Hall–Kier alpha value is -2.09. The topological polar surface area (TPSA) is 108 Å². The molecule has 1 aromatic rings. The van der Waals surface area contributed by atoms with Gasteiger partial charge >= 0.3 is 12.0 Å². The highest BCUT2D eigenvalue weighted by Gasteiger charge is 2.07. The van der Waals surface area contributed by atoms with Gasteiger partial charge in [-0.2, -0.15) is 0 Å². The van der Waals surface area contributed by atoms with Crippen LogP contribution in [0.5, 0.6) is 0 Å². The first-order valence-corrected chi connectivity index (χ1v) is 6.76. The summed E-state index contributed by atoms with van der Waals surface area (Å²) in [4.78, 5) is 35.1. The molecule has 0 bridgehead atoms. The summed E-state index contributed by atoms with van der Waals surface area (Å²) in [7, 11) is 0. The first kappa shape index (κ1) is 16.0. The second-order valence-electron chi connectivity index (χ2n) is 4.16. The number of amides is 3. The fourth-order valence-corrected chi connectivity index (χ4v) is 2.36. The summed E-state index contributed by atoms with van der Waals surface area (Å²) in [5.74, 6) is -1.68. The Morgan fingerprint density at radius 2 is 1.85 bits per heavy atom. The van der Waals surface area contributed by atoms with Crippen LogP contribution in [0.2, 0.25) is 0 Å². The number of aliphatic carboxylic acids is 1. The van der Waals surface area contributed by atoms with Gasteiger partial charge in [0.1, 0.15) is 6.54 Å². The molecule has 110 valence electrons.